The van der Waals surface area contributed by atoms with E-state index in [0.29, 0.717) is 12.5 Å². The molecule has 0 spiro atoms. The molecule has 4 nitrogen and oxygen atoms in total. The van der Waals surface area contributed by atoms with Gasteiger partial charge in [0.25, 0.3) is 0 Å². The maximum atomic E-state index is 11.2. The highest BCUT2D eigenvalue weighted by Crippen LogP contribution is 2.29. The molecule has 4 N–H and O–H groups in total. The predicted octanol–water partition coefficient (Wildman–Crippen LogP) is 1.95. The van der Waals surface area contributed by atoms with Crippen LogP contribution in [0.25, 0.3) is 0 Å². The first-order valence-corrected chi connectivity index (χ1v) is 7.09. The van der Waals surface area contributed by atoms with Crippen molar-refractivity contribution in [2.75, 3.05) is 0 Å². The highest BCUT2D eigenvalue weighted by atomic mass is 16.5. The molecule has 0 aromatic rings. The average Bonchev–Trinajstić information content (AvgIpc) is 2.28. The molecule has 0 aromatic heterocycles. The van der Waals surface area contributed by atoms with Gasteiger partial charge in [0.05, 0.1) is 17.7 Å². The van der Waals surface area contributed by atoms with Crippen LogP contribution in [-0.2, 0) is 9.53 Å². The van der Waals surface area contributed by atoms with E-state index >= 15 is 0 Å². The van der Waals surface area contributed by atoms with Crippen molar-refractivity contribution in [1.29, 1.82) is 0 Å². The van der Waals surface area contributed by atoms with Gasteiger partial charge < -0.3 is 16.2 Å². The zero-order valence-corrected chi connectivity index (χ0v) is 11.9. The van der Waals surface area contributed by atoms with Crippen LogP contribution < -0.4 is 11.5 Å². The maximum Gasteiger partial charge on any atom is 0.237 e. The molecule has 0 aromatic carbocycles. The Labute approximate surface area is 110 Å². The van der Waals surface area contributed by atoms with E-state index in [2.05, 4.69) is 6.92 Å². The van der Waals surface area contributed by atoms with E-state index in [4.69, 9.17) is 16.2 Å². The number of hydrogen-bond donors (Lipinski definition) is 2. The average molecular weight is 256 g/mol. The van der Waals surface area contributed by atoms with Crippen molar-refractivity contribution in [2.24, 2.45) is 17.4 Å². The van der Waals surface area contributed by atoms with Crippen LogP contribution in [0.4, 0.5) is 0 Å². The summed E-state index contributed by atoms with van der Waals surface area (Å²) in [7, 11) is 0. The summed E-state index contributed by atoms with van der Waals surface area (Å²) in [6, 6.07) is 0. The van der Waals surface area contributed by atoms with Crippen LogP contribution in [0.5, 0.6) is 0 Å². The van der Waals surface area contributed by atoms with E-state index in [-0.39, 0.29) is 6.10 Å². The molecular formula is C14H28N2O2. The lowest BCUT2D eigenvalue weighted by atomic mass is 9.85. The van der Waals surface area contributed by atoms with Gasteiger partial charge in [0.15, 0.2) is 0 Å². The van der Waals surface area contributed by atoms with Crippen LogP contribution in [0.3, 0.4) is 0 Å². The lowest BCUT2D eigenvalue weighted by Gasteiger charge is -2.32. The molecule has 1 rings (SSSR count). The molecule has 1 aliphatic carbocycles. The van der Waals surface area contributed by atoms with Crippen molar-refractivity contribution in [3.8, 4) is 0 Å². The Balaban J connectivity index is 2.40. The topological polar surface area (TPSA) is 78.3 Å². The Bertz CT molecular complexity index is 279. The lowest BCUT2D eigenvalue weighted by molar-refractivity contribution is -0.124. The molecule has 1 aliphatic rings. The van der Waals surface area contributed by atoms with Crippen molar-refractivity contribution in [1.82, 2.24) is 0 Å². The second kappa shape index (κ2) is 6.53. The number of rotatable bonds is 6. The number of ether oxygens (including phenoxy) is 1. The summed E-state index contributed by atoms with van der Waals surface area (Å²) in [5.41, 5.74) is 10.2. The van der Waals surface area contributed by atoms with Crippen LogP contribution in [0.2, 0.25) is 0 Å². The fourth-order valence-corrected chi connectivity index (χ4v) is 2.81. The number of carbonyl (C=O) groups excluding carboxylic acids is 1. The van der Waals surface area contributed by atoms with Gasteiger partial charge in [-0.25, -0.2) is 0 Å². The van der Waals surface area contributed by atoms with Gasteiger partial charge in [-0.1, -0.05) is 26.2 Å². The first-order chi connectivity index (χ1) is 8.35. The molecular weight excluding hydrogens is 228 g/mol. The quantitative estimate of drug-likeness (QED) is 0.762. The Morgan fingerprint density at radius 3 is 2.72 bits per heavy atom. The van der Waals surface area contributed by atoms with Gasteiger partial charge in [-0.2, -0.15) is 0 Å². The summed E-state index contributed by atoms with van der Waals surface area (Å²) < 4.78 is 6.02. The van der Waals surface area contributed by atoms with Gasteiger partial charge in [-0.3, -0.25) is 4.79 Å². The predicted molar refractivity (Wildman–Crippen MR) is 73.0 cm³/mol. The van der Waals surface area contributed by atoms with Crippen molar-refractivity contribution >= 4 is 5.91 Å². The van der Waals surface area contributed by atoms with Crippen LogP contribution in [0.1, 0.15) is 59.3 Å². The molecule has 0 bridgehead atoms. The van der Waals surface area contributed by atoms with Crippen LogP contribution in [-0.4, -0.2) is 23.7 Å². The van der Waals surface area contributed by atoms with Gasteiger partial charge in [-0.15, -0.1) is 0 Å². The Hall–Kier alpha value is -0.610. The summed E-state index contributed by atoms with van der Waals surface area (Å²) in [5.74, 6) is 0.323. The van der Waals surface area contributed by atoms with E-state index in [9.17, 15) is 4.79 Å². The van der Waals surface area contributed by atoms with Crippen LogP contribution in [0, 0.1) is 5.92 Å². The maximum absolute atomic E-state index is 11.2. The van der Waals surface area contributed by atoms with Crippen LogP contribution in [0.15, 0.2) is 0 Å². The highest BCUT2D eigenvalue weighted by molar-refractivity contribution is 5.83. The highest BCUT2D eigenvalue weighted by Gasteiger charge is 2.30. The SMILES string of the molecule is CCC1CCCC(OC(C)CC(C)(N)C(N)=O)C1. The monoisotopic (exact) mass is 256 g/mol. The third-order valence-corrected chi connectivity index (χ3v) is 4.01. The molecule has 18 heavy (non-hydrogen) atoms. The zero-order valence-electron chi connectivity index (χ0n) is 11.9. The minimum absolute atomic E-state index is 0.0203. The summed E-state index contributed by atoms with van der Waals surface area (Å²) in [6.07, 6.45) is 6.83. The number of hydrogen-bond acceptors (Lipinski definition) is 3. The van der Waals surface area contributed by atoms with Crippen molar-refractivity contribution in [3.63, 3.8) is 0 Å². The zero-order chi connectivity index (χ0) is 13.8. The Kier molecular flexibility index (Phi) is 5.60. The van der Waals surface area contributed by atoms with Gasteiger partial charge in [-0.05, 0) is 39.0 Å². The van der Waals surface area contributed by atoms with Gasteiger partial charge in [0.1, 0.15) is 0 Å². The molecule has 4 unspecified atom stereocenters. The second-order valence-electron chi connectivity index (χ2n) is 6.00. The van der Waals surface area contributed by atoms with E-state index in [1.54, 1.807) is 6.92 Å². The molecule has 1 amide bonds. The third kappa shape index (κ3) is 4.58. The van der Waals surface area contributed by atoms with Crippen molar-refractivity contribution < 1.29 is 9.53 Å². The van der Waals surface area contributed by atoms with Gasteiger partial charge in [0, 0.05) is 0 Å². The van der Waals surface area contributed by atoms with E-state index < -0.39 is 11.4 Å². The second-order valence-corrected chi connectivity index (χ2v) is 6.00. The molecule has 106 valence electrons. The first-order valence-electron chi connectivity index (χ1n) is 7.09. The third-order valence-electron chi connectivity index (χ3n) is 4.01. The molecule has 1 saturated carbocycles. The molecule has 4 atom stereocenters. The van der Waals surface area contributed by atoms with Crippen molar-refractivity contribution in [2.45, 2.75) is 77.0 Å². The molecule has 0 heterocycles. The normalized spacial score (nSPS) is 29.6. The van der Waals surface area contributed by atoms with E-state index in [1.807, 2.05) is 6.92 Å². The molecule has 0 radical (unpaired) electrons. The number of amides is 1. The van der Waals surface area contributed by atoms with Crippen molar-refractivity contribution in [3.05, 3.63) is 0 Å². The molecule has 0 saturated heterocycles. The molecule has 4 heteroatoms. The first kappa shape index (κ1) is 15.4. The number of carbonyl (C=O) groups is 1. The standard InChI is InChI=1S/C14H28N2O2/c1-4-11-6-5-7-12(8-11)18-10(2)9-14(3,16)13(15)17/h10-12H,4-9,16H2,1-3H3,(H2,15,17). The van der Waals surface area contributed by atoms with Crippen LogP contribution >= 0.6 is 0 Å². The smallest absolute Gasteiger partial charge is 0.237 e. The molecule has 1 fully saturated rings. The lowest BCUT2D eigenvalue weighted by Crippen LogP contribution is -2.51. The van der Waals surface area contributed by atoms with Gasteiger partial charge in [0.2, 0.25) is 5.91 Å². The Morgan fingerprint density at radius 1 is 1.50 bits per heavy atom. The number of primary amides is 1. The summed E-state index contributed by atoms with van der Waals surface area (Å²) in [4.78, 5) is 11.2. The van der Waals surface area contributed by atoms with E-state index in [0.717, 1.165) is 18.8 Å². The summed E-state index contributed by atoms with van der Waals surface area (Å²) in [5, 5.41) is 0. The minimum Gasteiger partial charge on any atom is -0.375 e. The number of nitrogens with two attached hydrogens (primary N) is 2. The molecule has 0 aliphatic heterocycles. The fourth-order valence-electron chi connectivity index (χ4n) is 2.81. The van der Waals surface area contributed by atoms with E-state index in [1.165, 1.54) is 19.3 Å². The van der Waals surface area contributed by atoms with Gasteiger partial charge >= 0.3 is 0 Å². The largest absolute Gasteiger partial charge is 0.375 e. The summed E-state index contributed by atoms with van der Waals surface area (Å²) in [6.45, 7) is 5.88. The fraction of sp³-hybridized carbons (Fsp3) is 0.929. The summed E-state index contributed by atoms with van der Waals surface area (Å²) >= 11 is 0. The minimum atomic E-state index is -0.974. The Morgan fingerprint density at radius 2 is 2.17 bits per heavy atom.